The number of aliphatic hydroxyl groups is 1. The molecule has 4 nitrogen and oxygen atoms in total. The zero-order chi connectivity index (χ0) is 12.3. The molecule has 2 N–H and O–H groups in total. The molecule has 0 amide bonds. The molecule has 1 aromatic carbocycles. The highest BCUT2D eigenvalue weighted by atomic mass is 35.5. The second-order valence-electron chi connectivity index (χ2n) is 2.98. The Morgan fingerprint density at radius 3 is 2.81 bits per heavy atom. The number of carbonyl (C=O) groups is 1. The van der Waals surface area contributed by atoms with Crippen molar-refractivity contribution in [3.05, 3.63) is 28.5 Å². The first-order valence-corrected chi connectivity index (χ1v) is 4.87. The minimum absolute atomic E-state index is 0.0727. The van der Waals surface area contributed by atoms with Crippen molar-refractivity contribution in [2.75, 3.05) is 6.61 Å². The van der Waals surface area contributed by atoms with E-state index in [1.807, 2.05) is 0 Å². The van der Waals surface area contributed by atoms with E-state index < -0.39 is 23.6 Å². The van der Waals surface area contributed by atoms with Gasteiger partial charge in [0.1, 0.15) is 11.6 Å². The maximum Gasteiger partial charge on any atom is 0.339 e. The average Bonchev–Trinajstić information content (AvgIpc) is 2.23. The zero-order valence-corrected chi connectivity index (χ0v) is 9.16. The van der Waals surface area contributed by atoms with Gasteiger partial charge in [-0.1, -0.05) is 11.6 Å². The van der Waals surface area contributed by atoms with Crippen LogP contribution in [-0.4, -0.2) is 22.8 Å². The Hall–Kier alpha value is -1.33. The molecule has 0 aliphatic heterocycles. The molecule has 0 fully saturated rings. The van der Waals surface area contributed by atoms with Crippen molar-refractivity contribution >= 4 is 17.6 Å². The Labute approximate surface area is 96.2 Å². The van der Waals surface area contributed by atoms with Crippen LogP contribution in [-0.2, 0) is 9.53 Å². The number of rotatable bonds is 3. The summed E-state index contributed by atoms with van der Waals surface area (Å²) in [5.74, 6) is -2.36. The quantitative estimate of drug-likeness (QED) is 0.801. The highest BCUT2D eigenvalue weighted by Crippen LogP contribution is 2.29. The summed E-state index contributed by atoms with van der Waals surface area (Å²) >= 11 is 5.53. The SMILES string of the molecule is CCOC(=O)C(O)c1cc(Cl)c(O)cc1F. The average molecular weight is 249 g/mol. The molecule has 1 atom stereocenters. The van der Waals surface area contributed by atoms with E-state index in [1.165, 1.54) is 0 Å². The molecule has 0 bridgehead atoms. The third kappa shape index (κ3) is 2.62. The molecule has 0 spiro atoms. The van der Waals surface area contributed by atoms with Gasteiger partial charge < -0.3 is 14.9 Å². The topological polar surface area (TPSA) is 66.8 Å². The first-order chi connectivity index (χ1) is 7.47. The van der Waals surface area contributed by atoms with Gasteiger partial charge in [0.2, 0.25) is 0 Å². The molecule has 0 aromatic heterocycles. The van der Waals surface area contributed by atoms with Gasteiger partial charge in [0, 0.05) is 11.6 Å². The van der Waals surface area contributed by atoms with Crippen molar-refractivity contribution < 1.29 is 24.1 Å². The number of benzene rings is 1. The molecule has 0 radical (unpaired) electrons. The van der Waals surface area contributed by atoms with Crippen molar-refractivity contribution in [1.82, 2.24) is 0 Å². The highest BCUT2D eigenvalue weighted by molar-refractivity contribution is 6.32. The summed E-state index contributed by atoms with van der Waals surface area (Å²) in [6.07, 6.45) is -1.75. The van der Waals surface area contributed by atoms with Crippen molar-refractivity contribution in [1.29, 1.82) is 0 Å². The van der Waals surface area contributed by atoms with Crippen LogP contribution in [0.15, 0.2) is 12.1 Å². The molecular formula is C10H10ClFO4. The van der Waals surface area contributed by atoms with Crippen molar-refractivity contribution in [2.24, 2.45) is 0 Å². The Morgan fingerprint density at radius 1 is 1.62 bits per heavy atom. The first-order valence-electron chi connectivity index (χ1n) is 4.50. The lowest BCUT2D eigenvalue weighted by molar-refractivity contribution is -0.153. The van der Waals surface area contributed by atoms with Crippen LogP contribution in [0.5, 0.6) is 5.75 Å². The maximum absolute atomic E-state index is 13.3. The number of halogens is 2. The largest absolute Gasteiger partial charge is 0.506 e. The Kier molecular flexibility index (Phi) is 4.09. The normalized spacial score (nSPS) is 12.2. The van der Waals surface area contributed by atoms with Gasteiger partial charge >= 0.3 is 5.97 Å². The van der Waals surface area contributed by atoms with Gasteiger partial charge in [-0.15, -0.1) is 0 Å². The summed E-state index contributed by atoms with van der Waals surface area (Å²) in [4.78, 5) is 11.1. The molecule has 0 saturated heterocycles. The van der Waals surface area contributed by atoms with E-state index in [-0.39, 0.29) is 17.2 Å². The number of aromatic hydroxyl groups is 1. The minimum atomic E-state index is -1.75. The fourth-order valence-electron chi connectivity index (χ4n) is 1.11. The monoisotopic (exact) mass is 248 g/mol. The number of carbonyl (C=O) groups excluding carboxylic acids is 1. The molecule has 6 heteroatoms. The second kappa shape index (κ2) is 5.14. The van der Waals surface area contributed by atoms with Crippen LogP contribution in [0.4, 0.5) is 4.39 Å². The van der Waals surface area contributed by atoms with E-state index in [2.05, 4.69) is 4.74 Å². The molecule has 0 aliphatic rings. The van der Waals surface area contributed by atoms with Crippen molar-refractivity contribution in [3.8, 4) is 5.75 Å². The lowest BCUT2D eigenvalue weighted by Crippen LogP contribution is -2.16. The van der Waals surface area contributed by atoms with E-state index >= 15 is 0 Å². The minimum Gasteiger partial charge on any atom is -0.506 e. The molecule has 1 rings (SSSR count). The van der Waals surface area contributed by atoms with E-state index in [0.717, 1.165) is 12.1 Å². The number of hydrogen-bond donors (Lipinski definition) is 2. The summed E-state index contributed by atoms with van der Waals surface area (Å²) in [6, 6.07) is 1.70. The van der Waals surface area contributed by atoms with E-state index in [1.54, 1.807) is 6.92 Å². The molecule has 0 aliphatic carbocycles. The van der Waals surface area contributed by atoms with Crippen LogP contribution in [0.3, 0.4) is 0 Å². The molecule has 1 aromatic rings. The van der Waals surface area contributed by atoms with Crippen molar-refractivity contribution in [3.63, 3.8) is 0 Å². The molecule has 0 heterocycles. The lowest BCUT2D eigenvalue weighted by Gasteiger charge is -2.11. The van der Waals surface area contributed by atoms with Crippen LogP contribution in [0.1, 0.15) is 18.6 Å². The summed E-state index contributed by atoms with van der Waals surface area (Å²) in [5.41, 5.74) is -0.332. The summed E-state index contributed by atoms with van der Waals surface area (Å²) in [6.45, 7) is 1.63. The Bertz CT molecular complexity index is 408. The van der Waals surface area contributed by atoms with Crippen LogP contribution in [0, 0.1) is 5.82 Å². The number of phenolic OH excluding ortho intramolecular Hbond substituents is 1. The lowest BCUT2D eigenvalue weighted by atomic mass is 10.1. The summed E-state index contributed by atoms with van der Waals surface area (Å²) in [7, 11) is 0. The third-order valence-corrected chi connectivity index (χ3v) is 2.17. The van der Waals surface area contributed by atoms with Gasteiger partial charge in [0.05, 0.1) is 11.6 Å². The molecule has 0 saturated carbocycles. The molecule has 1 unspecified atom stereocenters. The second-order valence-corrected chi connectivity index (χ2v) is 3.39. The standard InChI is InChI=1S/C10H10ClFO4/c1-2-16-10(15)9(14)5-3-6(11)8(13)4-7(5)12/h3-4,9,13-14H,2H2,1H3. The number of ether oxygens (including phenoxy) is 1. The van der Waals surface area contributed by atoms with Gasteiger partial charge in [0.15, 0.2) is 6.10 Å². The molecular weight excluding hydrogens is 239 g/mol. The smallest absolute Gasteiger partial charge is 0.339 e. The molecule has 16 heavy (non-hydrogen) atoms. The van der Waals surface area contributed by atoms with Crippen LogP contribution in [0.2, 0.25) is 5.02 Å². The first kappa shape index (κ1) is 12.7. The van der Waals surface area contributed by atoms with E-state index in [0.29, 0.717) is 0 Å². The van der Waals surface area contributed by atoms with Gasteiger partial charge in [-0.2, -0.15) is 0 Å². The number of phenols is 1. The van der Waals surface area contributed by atoms with Crippen LogP contribution >= 0.6 is 11.6 Å². The van der Waals surface area contributed by atoms with Crippen molar-refractivity contribution in [2.45, 2.75) is 13.0 Å². The number of aliphatic hydroxyl groups excluding tert-OH is 1. The fraction of sp³-hybridized carbons (Fsp3) is 0.300. The summed E-state index contributed by atoms with van der Waals surface area (Å²) in [5, 5.41) is 18.4. The van der Waals surface area contributed by atoms with Gasteiger partial charge in [0.25, 0.3) is 0 Å². The van der Waals surface area contributed by atoms with Crippen LogP contribution in [0.25, 0.3) is 0 Å². The zero-order valence-electron chi connectivity index (χ0n) is 8.41. The maximum atomic E-state index is 13.3. The third-order valence-electron chi connectivity index (χ3n) is 1.87. The van der Waals surface area contributed by atoms with Crippen LogP contribution < -0.4 is 0 Å². The Balaban J connectivity index is 3.04. The van der Waals surface area contributed by atoms with E-state index in [4.69, 9.17) is 16.7 Å². The van der Waals surface area contributed by atoms with E-state index in [9.17, 15) is 14.3 Å². The molecule has 88 valence electrons. The highest BCUT2D eigenvalue weighted by Gasteiger charge is 2.23. The van der Waals surface area contributed by atoms with Gasteiger partial charge in [-0.05, 0) is 13.0 Å². The number of esters is 1. The predicted octanol–water partition coefficient (Wildman–Crippen LogP) is 1.78. The fourth-order valence-corrected chi connectivity index (χ4v) is 1.28. The van der Waals surface area contributed by atoms with Gasteiger partial charge in [-0.3, -0.25) is 0 Å². The summed E-state index contributed by atoms with van der Waals surface area (Å²) < 4.78 is 17.8. The predicted molar refractivity (Wildman–Crippen MR) is 54.7 cm³/mol. The number of hydrogen-bond acceptors (Lipinski definition) is 4. The Morgan fingerprint density at radius 2 is 2.25 bits per heavy atom. The van der Waals surface area contributed by atoms with Gasteiger partial charge in [-0.25, -0.2) is 9.18 Å².